The molecule has 0 aliphatic carbocycles. The predicted molar refractivity (Wildman–Crippen MR) is 105 cm³/mol. The van der Waals surface area contributed by atoms with Crippen LogP contribution >= 0.6 is 11.3 Å². The van der Waals surface area contributed by atoms with Gasteiger partial charge < -0.3 is 0 Å². The topological polar surface area (TPSA) is 30.0 Å². The first-order valence-electron chi connectivity index (χ1n) is 8.51. The van der Waals surface area contributed by atoms with Crippen LogP contribution in [0.3, 0.4) is 0 Å². The van der Waals surface area contributed by atoms with Crippen molar-refractivity contribution in [2.45, 2.75) is 13.1 Å². The van der Waals surface area contributed by atoms with Crippen molar-refractivity contribution >= 4 is 28.0 Å². The van der Waals surface area contributed by atoms with Crippen LogP contribution in [0.1, 0.15) is 22.8 Å². The molecule has 0 bridgehead atoms. The van der Waals surface area contributed by atoms with Crippen molar-refractivity contribution in [2.24, 2.45) is 0 Å². The van der Waals surface area contributed by atoms with Gasteiger partial charge in [0.25, 0.3) is 0 Å². The molecule has 0 unspecified atom stereocenters. The van der Waals surface area contributed by atoms with Gasteiger partial charge in [0.05, 0.1) is 11.1 Å². The van der Waals surface area contributed by atoms with Gasteiger partial charge in [-0.3, -0.25) is 9.78 Å². The molecule has 0 aliphatic rings. The third-order valence-electron chi connectivity index (χ3n) is 4.55. The van der Waals surface area contributed by atoms with Crippen LogP contribution in [0.2, 0.25) is 0 Å². The van der Waals surface area contributed by atoms with Crippen LogP contribution in [0.5, 0.6) is 0 Å². The lowest BCUT2D eigenvalue weighted by atomic mass is 9.93. The van der Waals surface area contributed by atoms with Crippen molar-refractivity contribution in [2.75, 3.05) is 0 Å². The van der Waals surface area contributed by atoms with Crippen molar-refractivity contribution in [3.05, 3.63) is 77.3 Å². The molecule has 0 saturated carbocycles. The molecule has 0 N–H and O–H groups in total. The molecule has 0 fully saturated rings. The van der Waals surface area contributed by atoms with Crippen molar-refractivity contribution in [1.29, 1.82) is 0 Å². The minimum absolute atomic E-state index is 0.0978. The summed E-state index contributed by atoms with van der Waals surface area (Å²) in [4.78, 5) is 16.9. The summed E-state index contributed by atoms with van der Waals surface area (Å²) in [5, 5.41) is 2.21. The Balaban J connectivity index is 2.12. The summed E-state index contributed by atoms with van der Waals surface area (Å²) in [6.07, 6.45) is -3.06. The molecule has 2 aromatic carbocycles. The number of rotatable bonds is 3. The second-order valence-electron chi connectivity index (χ2n) is 6.33. The van der Waals surface area contributed by atoms with Gasteiger partial charge in [0.15, 0.2) is 5.78 Å². The lowest BCUT2D eigenvalue weighted by Crippen LogP contribution is -2.07. The average molecular weight is 397 g/mol. The average Bonchev–Trinajstić information content (AvgIpc) is 3.16. The lowest BCUT2D eigenvalue weighted by Gasteiger charge is -2.16. The highest BCUT2D eigenvalue weighted by Crippen LogP contribution is 2.43. The second-order valence-corrected chi connectivity index (χ2v) is 7.25. The number of para-hydroxylation sites is 1. The number of Topliss-reactive ketones (excluding diaryl/α,β-unsaturated/α-hetero) is 1. The molecule has 6 heteroatoms. The van der Waals surface area contributed by atoms with E-state index in [0.717, 1.165) is 11.6 Å². The van der Waals surface area contributed by atoms with E-state index in [0.29, 0.717) is 27.0 Å². The summed E-state index contributed by atoms with van der Waals surface area (Å²) in [7, 11) is 0. The Morgan fingerprint density at radius 3 is 2.43 bits per heavy atom. The molecule has 2 aromatic heterocycles. The van der Waals surface area contributed by atoms with Crippen molar-refractivity contribution in [3.8, 4) is 21.6 Å². The zero-order chi connectivity index (χ0) is 19.9. The third-order valence-corrected chi connectivity index (χ3v) is 5.50. The maximum absolute atomic E-state index is 13.5. The molecule has 0 aliphatic heterocycles. The Bertz CT molecular complexity index is 1180. The molecule has 28 heavy (non-hydrogen) atoms. The summed E-state index contributed by atoms with van der Waals surface area (Å²) in [6, 6.07) is 15.0. The van der Waals surface area contributed by atoms with Crippen LogP contribution in [0.25, 0.3) is 32.5 Å². The fraction of sp³-hybridized carbons (Fsp3) is 0.0909. The van der Waals surface area contributed by atoms with Gasteiger partial charge in [0.1, 0.15) is 0 Å². The number of hydrogen-bond donors (Lipinski definition) is 0. The number of thiophene rings is 1. The molecular weight excluding hydrogens is 383 g/mol. The lowest BCUT2D eigenvalue weighted by molar-refractivity contribution is -0.136. The highest BCUT2D eigenvalue weighted by molar-refractivity contribution is 7.14. The summed E-state index contributed by atoms with van der Waals surface area (Å²) in [5.74, 6) is -0.0978. The summed E-state index contributed by atoms with van der Waals surface area (Å²) >= 11 is 1.38. The Morgan fingerprint density at radius 2 is 1.75 bits per heavy atom. The summed E-state index contributed by atoms with van der Waals surface area (Å²) in [5.41, 5.74) is 1.73. The van der Waals surface area contributed by atoms with E-state index in [1.165, 1.54) is 30.5 Å². The first-order valence-corrected chi connectivity index (χ1v) is 9.39. The first-order chi connectivity index (χ1) is 13.4. The van der Waals surface area contributed by atoms with Gasteiger partial charge in [-0.1, -0.05) is 42.5 Å². The smallest absolute Gasteiger partial charge is 0.294 e. The molecule has 0 saturated heterocycles. The van der Waals surface area contributed by atoms with Gasteiger partial charge in [-0.15, -0.1) is 11.3 Å². The SMILES string of the molecule is CC(=O)c1ccsc1-c1cnc2c(C(F)(F)F)cccc2c1-c1ccccc1. The number of ketones is 1. The molecule has 0 atom stereocenters. The molecule has 4 aromatic rings. The van der Waals surface area contributed by atoms with Crippen LogP contribution in [0, 0.1) is 0 Å². The van der Waals surface area contributed by atoms with Gasteiger partial charge >= 0.3 is 6.18 Å². The van der Waals surface area contributed by atoms with Gasteiger partial charge in [-0.05, 0) is 30.0 Å². The van der Waals surface area contributed by atoms with Gasteiger partial charge in [-0.25, -0.2) is 0 Å². The molecular formula is C22H14F3NOS. The van der Waals surface area contributed by atoms with Crippen molar-refractivity contribution < 1.29 is 18.0 Å². The van der Waals surface area contributed by atoms with E-state index in [1.807, 2.05) is 30.3 Å². The number of pyridine rings is 1. The zero-order valence-electron chi connectivity index (χ0n) is 14.7. The number of carbonyl (C=O) groups is 1. The van der Waals surface area contributed by atoms with E-state index in [9.17, 15) is 18.0 Å². The molecule has 2 heterocycles. The fourth-order valence-corrected chi connectivity index (χ4v) is 4.30. The second kappa shape index (κ2) is 6.87. The van der Waals surface area contributed by atoms with Crippen LogP contribution in [0.4, 0.5) is 13.2 Å². The van der Waals surface area contributed by atoms with E-state index in [1.54, 1.807) is 17.5 Å². The van der Waals surface area contributed by atoms with Crippen LogP contribution in [0.15, 0.2) is 66.2 Å². The number of benzene rings is 2. The van der Waals surface area contributed by atoms with E-state index in [4.69, 9.17) is 0 Å². The molecule has 2 nitrogen and oxygen atoms in total. The minimum atomic E-state index is -4.50. The van der Waals surface area contributed by atoms with Crippen LogP contribution in [-0.2, 0) is 6.18 Å². The van der Waals surface area contributed by atoms with E-state index < -0.39 is 11.7 Å². The minimum Gasteiger partial charge on any atom is -0.294 e. The Labute approximate surface area is 163 Å². The highest BCUT2D eigenvalue weighted by atomic mass is 32.1. The zero-order valence-corrected chi connectivity index (χ0v) is 15.6. The number of carbonyl (C=O) groups excluding carboxylic acids is 1. The van der Waals surface area contributed by atoms with E-state index in [2.05, 4.69) is 4.98 Å². The number of nitrogens with zero attached hydrogens (tertiary/aromatic N) is 1. The molecule has 4 rings (SSSR count). The van der Waals surface area contributed by atoms with Crippen LogP contribution in [-0.4, -0.2) is 10.8 Å². The number of aromatic nitrogens is 1. The number of alkyl halides is 3. The van der Waals surface area contributed by atoms with Crippen molar-refractivity contribution in [3.63, 3.8) is 0 Å². The summed E-state index contributed by atoms with van der Waals surface area (Å²) in [6.45, 7) is 1.48. The van der Waals surface area contributed by atoms with E-state index in [-0.39, 0.29) is 11.3 Å². The highest BCUT2D eigenvalue weighted by Gasteiger charge is 2.34. The van der Waals surface area contributed by atoms with E-state index >= 15 is 0 Å². The monoisotopic (exact) mass is 397 g/mol. The number of fused-ring (bicyclic) bond motifs is 1. The molecule has 140 valence electrons. The number of hydrogen-bond acceptors (Lipinski definition) is 3. The Morgan fingerprint density at radius 1 is 1.00 bits per heavy atom. The van der Waals surface area contributed by atoms with Gasteiger partial charge in [-0.2, -0.15) is 13.2 Å². The van der Waals surface area contributed by atoms with Crippen LogP contribution < -0.4 is 0 Å². The molecule has 0 radical (unpaired) electrons. The van der Waals surface area contributed by atoms with Gasteiger partial charge in [0.2, 0.25) is 0 Å². The number of halogens is 3. The Kier molecular flexibility index (Phi) is 4.51. The fourth-order valence-electron chi connectivity index (χ4n) is 3.33. The maximum Gasteiger partial charge on any atom is 0.418 e. The summed E-state index contributed by atoms with van der Waals surface area (Å²) < 4.78 is 40.5. The first kappa shape index (κ1) is 18.4. The van der Waals surface area contributed by atoms with Gasteiger partial charge in [0, 0.05) is 33.2 Å². The normalized spacial score (nSPS) is 11.7. The Hall–Kier alpha value is -2.99. The quantitative estimate of drug-likeness (QED) is 0.354. The third kappa shape index (κ3) is 3.10. The predicted octanol–water partition coefficient (Wildman–Crippen LogP) is 6.85. The molecule has 0 amide bonds. The largest absolute Gasteiger partial charge is 0.418 e. The standard InChI is InChI=1S/C22H14F3NOS/c1-13(27)15-10-11-28-21(15)17-12-26-20-16(8-5-9-18(20)22(23,24)25)19(17)14-6-3-2-4-7-14/h2-12H,1H3. The van der Waals surface area contributed by atoms with Crippen molar-refractivity contribution in [1.82, 2.24) is 4.98 Å². The maximum atomic E-state index is 13.5. The molecule has 0 spiro atoms.